The molecule has 3 rings (SSSR count). The summed E-state index contributed by atoms with van der Waals surface area (Å²) in [6, 6.07) is 8.22. The van der Waals surface area contributed by atoms with Gasteiger partial charge in [0.05, 0.1) is 22.8 Å². The van der Waals surface area contributed by atoms with Crippen LogP contribution >= 0.6 is 11.3 Å². The van der Waals surface area contributed by atoms with Crippen LogP contribution < -0.4 is 16.0 Å². The molecule has 3 N–H and O–H groups in total. The maximum atomic E-state index is 5.83. The van der Waals surface area contributed by atoms with Crippen LogP contribution in [0.3, 0.4) is 0 Å². The van der Waals surface area contributed by atoms with Crippen LogP contribution in [-0.4, -0.2) is 11.1 Å². The third-order valence-corrected chi connectivity index (χ3v) is 4.19. The summed E-state index contributed by atoms with van der Waals surface area (Å²) in [7, 11) is 0. The number of aromatic nitrogens is 1. The van der Waals surface area contributed by atoms with Crippen LogP contribution in [0.2, 0.25) is 0 Å². The van der Waals surface area contributed by atoms with Crippen LogP contribution in [0.15, 0.2) is 29.6 Å². The summed E-state index contributed by atoms with van der Waals surface area (Å²) >= 11 is 1.67. The van der Waals surface area contributed by atoms with E-state index in [9.17, 15) is 0 Å². The van der Waals surface area contributed by atoms with E-state index in [0.29, 0.717) is 6.10 Å². The Labute approximate surface area is 123 Å². The maximum Gasteiger partial charge on any atom is 0.120 e. The number of benzene rings is 1. The Hall–Kier alpha value is -1.43. The van der Waals surface area contributed by atoms with Crippen molar-refractivity contribution in [2.75, 3.05) is 0 Å². The summed E-state index contributed by atoms with van der Waals surface area (Å²) in [4.78, 5) is 4.50. The van der Waals surface area contributed by atoms with E-state index in [1.165, 1.54) is 12.8 Å². The number of ether oxygens (including phenoxy) is 1. The number of nitrogens with one attached hydrogen (secondary N) is 1. The smallest absolute Gasteiger partial charge is 0.120 e. The fourth-order valence-electron chi connectivity index (χ4n) is 2.17. The second kappa shape index (κ2) is 5.91. The zero-order chi connectivity index (χ0) is 13.9. The number of nitrogens with zero attached hydrogens (tertiary/aromatic N) is 1. The Morgan fingerprint density at radius 3 is 3.00 bits per heavy atom. The van der Waals surface area contributed by atoms with Crippen LogP contribution in [0.4, 0.5) is 0 Å². The molecule has 1 unspecified atom stereocenters. The fourth-order valence-corrected chi connectivity index (χ4v) is 2.79. The van der Waals surface area contributed by atoms with Crippen molar-refractivity contribution in [1.82, 2.24) is 10.4 Å². The maximum absolute atomic E-state index is 5.83. The van der Waals surface area contributed by atoms with Gasteiger partial charge in [0.15, 0.2) is 0 Å². The lowest BCUT2D eigenvalue weighted by molar-refractivity contribution is 0.302. The predicted molar refractivity (Wildman–Crippen MR) is 80.7 cm³/mol. The molecule has 20 heavy (non-hydrogen) atoms. The normalized spacial score (nSPS) is 16.1. The molecule has 0 spiro atoms. The molecule has 0 radical (unpaired) electrons. The van der Waals surface area contributed by atoms with Gasteiger partial charge in [0, 0.05) is 11.8 Å². The highest BCUT2D eigenvalue weighted by molar-refractivity contribution is 7.09. The van der Waals surface area contributed by atoms with Gasteiger partial charge in [-0.2, -0.15) is 0 Å². The molecule has 1 aliphatic rings. The van der Waals surface area contributed by atoms with Crippen molar-refractivity contribution >= 4 is 11.3 Å². The summed E-state index contributed by atoms with van der Waals surface area (Å²) in [5.74, 6) is 6.64. The third-order valence-electron chi connectivity index (χ3n) is 3.37. The zero-order valence-electron chi connectivity index (χ0n) is 11.5. The van der Waals surface area contributed by atoms with Gasteiger partial charge >= 0.3 is 0 Å². The highest BCUT2D eigenvalue weighted by atomic mass is 32.1. The van der Waals surface area contributed by atoms with Crippen molar-refractivity contribution in [1.29, 1.82) is 0 Å². The molecule has 1 aliphatic carbocycles. The van der Waals surface area contributed by atoms with Crippen LogP contribution in [-0.2, 0) is 6.42 Å². The van der Waals surface area contributed by atoms with Gasteiger partial charge in [-0.15, -0.1) is 11.3 Å². The Balaban J connectivity index is 1.73. The molecule has 2 aromatic rings. The molecular weight excluding hydrogens is 270 g/mol. The molecule has 1 fully saturated rings. The van der Waals surface area contributed by atoms with Crippen molar-refractivity contribution in [2.24, 2.45) is 5.84 Å². The molecule has 0 aliphatic heterocycles. The first kappa shape index (κ1) is 13.5. The van der Waals surface area contributed by atoms with Crippen molar-refractivity contribution in [3.63, 3.8) is 0 Å². The average molecular weight is 289 g/mol. The van der Waals surface area contributed by atoms with E-state index < -0.39 is 0 Å². The van der Waals surface area contributed by atoms with Crippen molar-refractivity contribution < 1.29 is 4.74 Å². The second-order valence-electron chi connectivity index (χ2n) is 5.17. The average Bonchev–Trinajstić information content (AvgIpc) is 3.17. The van der Waals surface area contributed by atoms with Gasteiger partial charge in [-0.3, -0.25) is 11.3 Å². The van der Waals surface area contributed by atoms with Crippen LogP contribution in [0.1, 0.15) is 35.1 Å². The van der Waals surface area contributed by atoms with E-state index in [4.69, 9.17) is 10.6 Å². The van der Waals surface area contributed by atoms with Gasteiger partial charge in [0.2, 0.25) is 0 Å². The Bertz CT molecular complexity index is 580. The quantitative estimate of drug-likeness (QED) is 0.634. The van der Waals surface area contributed by atoms with Gasteiger partial charge in [0.1, 0.15) is 5.75 Å². The molecule has 0 bridgehead atoms. The van der Waals surface area contributed by atoms with E-state index in [2.05, 4.69) is 27.9 Å². The second-order valence-corrected chi connectivity index (χ2v) is 6.23. The molecule has 1 heterocycles. The van der Waals surface area contributed by atoms with Gasteiger partial charge in [-0.25, -0.2) is 4.98 Å². The summed E-state index contributed by atoms with van der Waals surface area (Å²) in [5.41, 5.74) is 5.09. The van der Waals surface area contributed by atoms with Gasteiger partial charge in [-0.1, -0.05) is 12.1 Å². The Kier molecular flexibility index (Phi) is 4.00. The lowest BCUT2D eigenvalue weighted by Crippen LogP contribution is -2.29. The monoisotopic (exact) mass is 289 g/mol. The van der Waals surface area contributed by atoms with Gasteiger partial charge in [-0.05, 0) is 37.5 Å². The number of rotatable bonds is 6. The lowest BCUT2D eigenvalue weighted by atomic mass is 10.0. The van der Waals surface area contributed by atoms with Crippen molar-refractivity contribution in [3.05, 3.63) is 45.9 Å². The number of nitrogens with two attached hydrogens (primary N) is 1. The van der Waals surface area contributed by atoms with E-state index in [-0.39, 0.29) is 6.04 Å². The molecule has 1 atom stereocenters. The van der Waals surface area contributed by atoms with E-state index in [1.54, 1.807) is 11.3 Å². The largest absolute Gasteiger partial charge is 0.490 e. The highest BCUT2D eigenvalue weighted by Crippen LogP contribution is 2.29. The molecule has 4 nitrogen and oxygen atoms in total. The zero-order valence-corrected chi connectivity index (χ0v) is 12.3. The van der Waals surface area contributed by atoms with E-state index in [0.717, 1.165) is 28.4 Å². The fraction of sp³-hybridized carbons (Fsp3) is 0.400. The van der Waals surface area contributed by atoms with Gasteiger partial charge < -0.3 is 4.74 Å². The van der Waals surface area contributed by atoms with Crippen molar-refractivity contribution in [2.45, 2.75) is 38.3 Å². The molecule has 106 valence electrons. The standard InChI is InChI=1S/C15H19N3OS/c1-10-17-12(9-20-10)8-15(18-16)11-3-2-4-14(7-11)19-13-5-6-13/h2-4,7,9,13,15,18H,5-6,8,16H2,1H3. The first-order valence-electron chi connectivity index (χ1n) is 6.88. The first-order chi connectivity index (χ1) is 9.74. The minimum absolute atomic E-state index is 0.0549. The number of hydrogen-bond donors (Lipinski definition) is 2. The molecule has 1 saturated carbocycles. The van der Waals surface area contributed by atoms with Crippen molar-refractivity contribution in [3.8, 4) is 5.75 Å². The topological polar surface area (TPSA) is 60.2 Å². The molecule has 0 saturated heterocycles. The summed E-state index contributed by atoms with van der Waals surface area (Å²) < 4.78 is 5.83. The van der Waals surface area contributed by atoms with E-state index in [1.807, 2.05) is 19.1 Å². The molecule has 1 aromatic heterocycles. The first-order valence-corrected chi connectivity index (χ1v) is 7.76. The minimum Gasteiger partial charge on any atom is -0.490 e. The minimum atomic E-state index is 0.0549. The SMILES string of the molecule is Cc1nc(CC(NN)c2cccc(OC3CC3)c2)cs1. The summed E-state index contributed by atoms with van der Waals surface area (Å²) in [6.07, 6.45) is 3.53. The molecule has 5 heteroatoms. The summed E-state index contributed by atoms with van der Waals surface area (Å²) in [5, 5.41) is 3.17. The van der Waals surface area contributed by atoms with Crippen LogP contribution in [0, 0.1) is 6.92 Å². The molecular formula is C15H19N3OS. The highest BCUT2D eigenvalue weighted by Gasteiger charge is 2.23. The van der Waals surface area contributed by atoms with Crippen LogP contribution in [0.25, 0.3) is 0 Å². The van der Waals surface area contributed by atoms with E-state index >= 15 is 0 Å². The number of hydrogen-bond acceptors (Lipinski definition) is 5. The number of thiazole rings is 1. The number of aryl methyl sites for hydroxylation is 1. The Morgan fingerprint density at radius 1 is 1.50 bits per heavy atom. The predicted octanol–water partition coefficient (Wildman–Crippen LogP) is 2.74. The number of hydrazine groups is 1. The molecule has 1 aromatic carbocycles. The van der Waals surface area contributed by atoms with Gasteiger partial charge in [0.25, 0.3) is 0 Å². The third kappa shape index (κ3) is 3.36. The lowest BCUT2D eigenvalue weighted by Gasteiger charge is -2.16. The Morgan fingerprint density at radius 2 is 2.35 bits per heavy atom. The van der Waals surface area contributed by atoms with Crippen LogP contribution in [0.5, 0.6) is 5.75 Å². The summed E-state index contributed by atoms with van der Waals surface area (Å²) in [6.45, 7) is 2.02. The molecule has 0 amide bonds.